The molecule has 2 atom stereocenters. The van der Waals surface area contributed by atoms with Crippen LogP contribution in [0.25, 0.3) is 0 Å². The molecule has 1 saturated heterocycles. The number of nitrogens with one attached hydrogen (secondary N) is 1. The summed E-state index contributed by atoms with van der Waals surface area (Å²) in [6.07, 6.45) is 0. The topological polar surface area (TPSA) is 15.3 Å². The van der Waals surface area contributed by atoms with Crippen LogP contribution in [0.15, 0.2) is 24.3 Å². The van der Waals surface area contributed by atoms with Gasteiger partial charge in [0.1, 0.15) is 0 Å². The summed E-state index contributed by atoms with van der Waals surface area (Å²) in [6.45, 7) is 8.05. The summed E-state index contributed by atoms with van der Waals surface area (Å²) in [5.74, 6) is 1.63. The Bertz CT molecular complexity index is 321. The summed E-state index contributed by atoms with van der Waals surface area (Å²) < 4.78 is 0. The van der Waals surface area contributed by atoms with E-state index in [1.54, 1.807) is 0 Å². The summed E-state index contributed by atoms with van der Waals surface area (Å²) in [5.41, 5.74) is 2.72. The van der Waals surface area contributed by atoms with Crippen LogP contribution in [0, 0.1) is 11.8 Å². The van der Waals surface area contributed by atoms with Gasteiger partial charge in [-0.15, -0.1) is 0 Å². The number of rotatable bonds is 3. The van der Waals surface area contributed by atoms with Crippen molar-refractivity contribution in [3.8, 4) is 0 Å². The first-order valence-electron chi connectivity index (χ1n) is 6.19. The molecule has 0 aliphatic carbocycles. The predicted octanol–water partition coefficient (Wildman–Crippen LogP) is 2.50. The Morgan fingerprint density at radius 2 is 1.69 bits per heavy atom. The summed E-state index contributed by atoms with van der Waals surface area (Å²) in [6, 6.07) is 8.94. The van der Waals surface area contributed by atoms with E-state index in [0.717, 1.165) is 18.4 Å². The number of hydrogen-bond donors (Lipinski definition) is 1. The van der Waals surface area contributed by atoms with Gasteiger partial charge in [0, 0.05) is 25.3 Å². The third kappa shape index (κ3) is 2.38. The highest BCUT2D eigenvalue weighted by Gasteiger charge is 2.25. The minimum Gasteiger partial charge on any atom is -0.371 e. The maximum absolute atomic E-state index is 3.17. The quantitative estimate of drug-likeness (QED) is 0.838. The second-order valence-electron chi connectivity index (χ2n) is 5.06. The molecule has 0 radical (unpaired) electrons. The summed E-state index contributed by atoms with van der Waals surface area (Å²) in [4.78, 5) is 2.50. The lowest BCUT2D eigenvalue weighted by Crippen LogP contribution is -2.19. The lowest BCUT2D eigenvalue weighted by atomic mass is 10.0. The fraction of sp³-hybridized carbons (Fsp3) is 0.571. The molecule has 0 amide bonds. The van der Waals surface area contributed by atoms with Crippen molar-refractivity contribution in [3.05, 3.63) is 29.8 Å². The van der Waals surface area contributed by atoms with Gasteiger partial charge in [0.15, 0.2) is 0 Å². The predicted molar refractivity (Wildman–Crippen MR) is 69.7 cm³/mol. The molecule has 0 aromatic heterocycles. The Kier molecular flexibility index (Phi) is 3.49. The van der Waals surface area contributed by atoms with Crippen molar-refractivity contribution in [2.75, 3.05) is 25.0 Å². The van der Waals surface area contributed by atoms with Gasteiger partial charge in [-0.3, -0.25) is 0 Å². The summed E-state index contributed by atoms with van der Waals surface area (Å²) in [7, 11) is 1.98. The van der Waals surface area contributed by atoms with Crippen molar-refractivity contribution in [2.24, 2.45) is 11.8 Å². The molecule has 2 heteroatoms. The molecule has 0 spiro atoms. The monoisotopic (exact) mass is 218 g/mol. The zero-order valence-corrected chi connectivity index (χ0v) is 10.5. The lowest BCUT2D eigenvalue weighted by molar-refractivity contribution is 0.494. The third-order valence-corrected chi connectivity index (χ3v) is 3.67. The van der Waals surface area contributed by atoms with Crippen molar-refractivity contribution < 1.29 is 0 Å². The Morgan fingerprint density at radius 3 is 2.19 bits per heavy atom. The summed E-state index contributed by atoms with van der Waals surface area (Å²) >= 11 is 0. The first-order valence-corrected chi connectivity index (χ1v) is 6.19. The Balaban J connectivity index is 2.05. The number of anilines is 1. The van der Waals surface area contributed by atoms with E-state index in [4.69, 9.17) is 0 Å². The molecule has 16 heavy (non-hydrogen) atoms. The maximum Gasteiger partial charge on any atom is 0.0366 e. The average Bonchev–Trinajstić information content (AvgIpc) is 2.61. The van der Waals surface area contributed by atoms with Crippen LogP contribution in [0.5, 0.6) is 0 Å². The summed E-state index contributed by atoms with van der Waals surface area (Å²) in [5, 5.41) is 3.17. The molecule has 1 heterocycles. The molecule has 1 aromatic rings. The zero-order chi connectivity index (χ0) is 11.5. The van der Waals surface area contributed by atoms with Gasteiger partial charge in [-0.1, -0.05) is 26.0 Å². The maximum atomic E-state index is 3.17. The van der Waals surface area contributed by atoms with Gasteiger partial charge in [-0.05, 0) is 36.6 Å². The molecule has 2 unspecified atom stereocenters. The van der Waals surface area contributed by atoms with E-state index in [9.17, 15) is 0 Å². The fourth-order valence-electron chi connectivity index (χ4n) is 2.37. The van der Waals surface area contributed by atoms with E-state index in [1.807, 2.05) is 7.05 Å². The van der Waals surface area contributed by atoms with E-state index in [2.05, 4.69) is 48.3 Å². The standard InChI is InChI=1S/C14H22N2/c1-11-9-16(10-12(11)2)14-6-4-13(5-7-14)8-15-3/h4-7,11-12,15H,8-10H2,1-3H3. The van der Waals surface area contributed by atoms with Crippen molar-refractivity contribution in [1.29, 1.82) is 0 Å². The number of nitrogens with zero attached hydrogens (tertiary/aromatic N) is 1. The van der Waals surface area contributed by atoms with Gasteiger partial charge < -0.3 is 10.2 Å². The molecule has 88 valence electrons. The highest BCUT2D eigenvalue weighted by molar-refractivity contribution is 5.48. The van der Waals surface area contributed by atoms with E-state index in [0.29, 0.717) is 0 Å². The first kappa shape index (κ1) is 11.5. The molecule has 1 fully saturated rings. The molecule has 2 rings (SSSR count). The second kappa shape index (κ2) is 4.88. The van der Waals surface area contributed by atoms with Crippen LogP contribution >= 0.6 is 0 Å². The minimum absolute atomic E-state index is 0.817. The van der Waals surface area contributed by atoms with Crippen molar-refractivity contribution >= 4 is 5.69 Å². The Labute approximate surface area is 98.7 Å². The van der Waals surface area contributed by atoms with Gasteiger partial charge in [-0.2, -0.15) is 0 Å². The smallest absolute Gasteiger partial charge is 0.0366 e. The third-order valence-electron chi connectivity index (χ3n) is 3.67. The molecule has 0 saturated carbocycles. The van der Waals surface area contributed by atoms with Gasteiger partial charge in [0.2, 0.25) is 0 Å². The largest absolute Gasteiger partial charge is 0.371 e. The molecule has 1 N–H and O–H groups in total. The van der Waals surface area contributed by atoms with Crippen molar-refractivity contribution in [3.63, 3.8) is 0 Å². The highest BCUT2D eigenvalue weighted by atomic mass is 15.2. The molecule has 1 aromatic carbocycles. The van der Waals surface area contributed by atoms with E-state index in [1.165, 1.54) is 24.3 Å². The van der Waals surface area contributed by atoms with Crippen LogP contribution in [0.3, 0.4) is 0 Å². The molecule has 1 aliphatic heterocycles. The van der Waals surface area contributed by atoms with Crippen LogP contribution in [0.4, 0.5) is 5.69 Å². The minimum atomic E-state index is 0.817. The second-order valence-corrected chi connectivity index (χ2v) is 5.06. The Hall–Kier alpha value is -1.02. The number of benzene rings is 1. The van der Waals surface area contributed by atoms with E-state index < -0.39 is 0 Å². The molecule has 2 nitrogen and oxygen atoms in total. The van der Waals surface area contributed by atoms with Crippen molar-refractivity contribution in [1.82, 2.24) is 5.32 Å². The SMILES string of the molecule is CNCc1ccc(N2CC(C)C(C)C2)cc1. The van der Waals surface area contributed by atoms with Crippen LogP contribution < -0.4 is 10.2 Å². The van der Waals surface area contributed by atoms with Gasteiger partial charge >= 0.3 is 0 Å². The molecule has 0 bridgehead atoms. The first-order chi connectivity index (χ1) is 7.70. The van der Waals surface area contributed by atoms with Gasteiger partial charge in [0.25, 0.3) is 0 Å². The highest BCUT2D eigenvalue weighted by Crippen LogP contribution is 2.27. The fourth-order valence-corrected chi connectivity index (χ4v) is 2.37. The lowest BCUT2D eigenvalue weighted by Gasteiger charge is -2.18. The van der Waals surface area contributed by atoms with Gasteiger partial charge in [-0.25, -0.2) is 0 Å². The zero-order valence-electron chi connectivity index (χ0n) is 10.5. The van der Waals surface area contributed by atoms with Crippen LogP contribution in [-0.4, -0.2) is 20.1 Å². The average molecular weight is 218 g/mol. The van der Waals surface area contributed by atoms with Crippen LogP contribution in [0.2, 0.25) is 0 Å². The normalized spacial score (nSPS) is 25.1. The van der Waals surface area contributed by atoms with E-state index in [-0.39, 0.29) is 0 Å². The molecule has 1 aliphatic rings. The van der Waals surface area contributed by atoms with Crippen LogP contribution in [0.1, 0.15) is 19.4 Å². The van der Waals surface area contributed by atoms with E-state index >= 15 is 0 Å². The Morgan fingerprint density at radius 1 is 1.12 bits per heavy atom. The number of hydrogen-bond acceptors (Lipinski definition) is 2. The van der Waals surface area contributed by atoms with Crippen molar-refractivity contribution in [2.45, 2.75) is 20.4 Å². The molecular weight excluding hydrogens is 196 g/mol. The van der Waals surface area contributed by atoms with Gasteiger partial charge in [0.05, 0.1) is 0 Å². The van der Waals surface area contributed by atoms with Crippen LogP contribution in [-0.2, 0) is 6.54 Å². The molecular formula is C14H22N2.